The summed E-state index contributed by atoms with van der Waals surface area (Å²) >= 11 is 0. The molecule has 7 heteroatoms. The van der Waals surface area contributed by atoms with Gasteiger partial charge in [-0.3, -0.25) is 4.79 Å². The molecule has 2 aromatic carbocycles. The van der Waals surface area contributed by atoms with Crippen LogP contribution in [0.4, 0.5) is 0 Å². The number of amides is 1. The maximum Gasteiger partial charge on any atom is 0.254 e. The van der Waals surface area contributed by atoms with E-state index in [-0.39, 0.29) is 18.0 Å². The Kier molecular flexibility index (Phi) is 12.0. The van der Waals surface area contributed by atoms with E-state index in [0.29, 0.717) is 32.0 Å². The summed E-state index contributed by atoms with van der Waals surface area (Å²) in [7, 11) is 1.65. The van der Waals surface area contributed by atoms with Crippen molar-refractivity contribution in [1.82, 2.24) is 4.90 Å². The molecule has 0 fully saturated rings. The Labute approximate surface area is 197 Å². The van der Waals surface area contributed by atoms with Crippen molar-refractivity contribution in [3.63, 3.8) is 0 Å². The van der Waals surface area contributed by atoms with Crippen LogP contribution in [0.25, 0.3) is 0 Å². The van der Waals surface area contributed by atoms with Gasteiger partial charge in [0.05, 0.1) is 38.1 Å². The highest BCUT2D eigenvalue weighted by Gasteiger charge is 2.26. The minimum atomic E-state index is -0.0570. The van der Waals surface area contributed by atoms with Crippen molar-refractivity contribution in [1.29, 1.82) is 0 Å². The van der Waals surface area contributed by atoms with E-state index in [1.807, 2.05) is 73.3 Å². The maximum atomic E-state index is 13.1. The molecule has 1 amide bonds. The van der Waals surface area contributed by atoms with Crippen LogP contribution in [0.15, 0.2) is 59.7 Å². The van der Waals surface area contributed by atoms with Gasteiger partial charge in [-0.2, -0.15) is 5.10 Å². The lowest BCUT2D eigenvalue weighted by atomic mass is 10.1. The fourth-order valence-corrected chi connectivity index (χ4v) is 3.63. The number of carbonyl (C=O) groups excluding carboxylic acids is 1. The molecule has 0 spiro atoms. The van der Waals surface area contributed by atoms with E-state index in [1.165, 1.54) is 0 Å². The van der Waals surface area contributed by atoms with Gasteiger partial charge in [0.25, 0.3) is 5.91 Å². The van der Waals surface area contributed by atoms with Gasteiger partial charge in [0.1, 0.15) is 5.75 Å². The Morgan fingerprint density at radius 2 is 1.64 bits per heavy atom. The van der Waals surface area contributed by atoms with Crippen molar-refractivity contribution in [2.24, 2.45) is 10.9 Å². The number of nitrogens with zero attached hydrogens (tertiary/aromatic N) is 2. The van der Waals surface area contributed by atoms with Crippen LogP contribution in [-0.2, 0) is 9.47 Å². The molecule has 0 aliphatic heterocycles. The van der Waals surface area contributed by atoms with Crippen LogP contribution in [0.2, 0.25) is 0 Å². The van der Waals surface area contributed by atoms with Gasteiger partial charge in [-0.1, -0.05) is 18.2 Å². The third-order valence-electron chi connectivity index (χ3n) is 5.28. The molecule has 0 saturated carbocycles. The number of carbonyl (C=O) groups is 1. The summed E-state index contributed by atoms with van der Waals surface area (Å²) in [4.78, 5) is 14.9. The molecule has 2 N–H and O–H groups in total. The number of nitrogens with two attached hydrogens (primary N) is 1. The Morgan fingerprint density at radius 3 is 2.30 bits per heavy atom. The van der Waals surface area contributed by atoms with Gasteiger partial charge >= 0.3 is 0 Å². The van der Waals surface area contributed by atoms with Crippen LogP contribution >= 0.6 is 0 Å². The van der Waals surface area contributed by atoms with Gasteiger partial charge in [0.2, 0.25) is 0 Å². The lowest BCUT2D eigenvalue weighted by molar-refractivity contribution is 0.0207. The third kappa shape index (κ3) is 9.24. The summed E-state index contributed by atoms with van der Waals surface area (Å²) in [6.07, 6.45) is 4.51. The van der Waals surface area contributed by atoms with Crippen molar-refractivity contribution in [3.05, 3.63) is 65.7 Å². The second kappa shape index (κ2) is 15.0. The molecular formula is C26H37N3O4. The van der Waals surface area contributed by atoms with E-state index >= 15 is 0 Å². The second-order valence-corrected chi connectivity index (χ2v) is 8.06. The summed E-state index contributed by atoms with van der Waals surface area (Å²) in [5.74, 6) is 5.98. The zero-order valence-electron chi connectivity index (χ0n) is 20.0. The van der Waals surface area contributed by atoms with Crippen molar-refractivity contribution >= 4 is 12.1 Å². The highest BCUT2D eigenvalue weighted by Crippen LogP contribution is 2.14. The van der Waals surface area contributed by atoms with Crippen molar-refractivity contribution < 1.29 is 19.0 Å². The molecule has 0 radical (unpaired) electrons. The molecule has 2 unspecified atom stereocenters. The minimum absolute atomic E-state index is 0.00301. The van der Waals surface area contributed by atoms with Gasteiger partial charge in [-0.15, -0.1) is 0 Å². The number of unbranched alkanes of at least 4 members (excludes halogenated alkanes) is 2. The fourth-order valence-electron chi connectivity index (χ4n) is 3.63. The summed E-state index contributed by atoms with van der Waals surface area (Å²) in [6, 6.07) is 16.9. The minimum Gasteiger partial charge on any atom is -0.494 e. The average Bonchev–Trinajstić information content (AvgIpc) is 2.83. The van der Waals surface area contributed by atoms with Crippen LogP contribution in [0.5, 0.6) is 5.75 Å². The van der Waals surface area contributed by atoms with E-state index in [2.05, 4.69) is 5.10 Å². The van der Waals surface area contributed by atoms with Crippen molar-refractivity contribution in [2.75, 3.05) is 33.5 Å². The highest BCUT2D eigenvalue weighted by atomic mass is 16.5. The smallest absolute Gasteiger partial charge is 0.254 e. The van der Waals surface area contributed by atoms with Gasteiger partial charge in [0.15, 0.2) is 0 Å². The monoisotopic (exact) mass is 455 g/mol. The van der Waals surface area contributed by atoms with E-state index in [0.717, 1.165) is 30.6 Å². The largest absolute Gasteiger partial charge is 0.494 e. The Bertz CT molecular complexity index is 827. The van der Waals surface area contributed by atoms with E-state index in [1.54, 1.807) is 13.3 Å². The molecule has 0 aliphatic carbocycles. The first-order valence-corrected chi connectivity index (χ1v) is 11.5. The van der Waals surface area contributed by atoms with Crippen molar-refractivity contribution in [2.45, 2.75) is 45.2 Å². The number of methoxy groups -OCH3 is 1. The Hall–Kier alpha value is -2.90. The van der Waals surface area contributed by atoms with Crippen LogP contribution < -0.4 is 10.6 Å². The number of hydrogen-bond donors (Lipinski definition) is 1. The lowest BCUT2D eigenvalue weighted by Gasteiger charge is -2.34. The molecule has 7 nitrogen and oxygen atoms in total. The number of benzene rings is 2. The normalized spacial score (nSPS) is 13.1. The predicted molar refractivity (Wildman–Crippen MR) is 132 cm³/mol. The van der Waals surface area contributed by atoms with Gasteiger partial charge in [-0.05, 0) is 75.1 Å². The summed E-state index contributed by atoms with van der Waals surface area (Å²) < 4.78 is 16.9. The summed E-state index contributed by atoms with van der Waals surface area (Å²) in [5, 5.41) is 3.50. The first kappa shape index (κ1) is 26.4. The van der Waals surface area contributed by atoms with Crippen LogP contribution in [-0.4, -0.2) is 62.6 Å². The first-order chi connectivity index (χ1) is 16.1. The SMILES string of the molecule is COCC(C)N(C(=O)c1ccccc1)C(C)COCCCCCOc1ccc(/C=N/N)cc1. The second-order valence-electron chi connectivity index (χ2n) is 8.06. The average molecular weight is 456 g/mol. The summed E-state index contributed by atoms with van der Waals surface area (Å²) in [6.45, 7) is 6.30. The Balaban J connectivity index is 1.68. The van der Waals surface area contributed by atoms with Gasteiger partial charge in [0, 0.05) is 19.3 Å². The standard InChI is InChI=1S/C26H37N3O4/c1-21(19-31-3)29(26(30)24-10-6-4-7-11-24)22(2)20-32-16-8-5-9-17-33-25-14-12-23(13-15-25)18-28-27/h4,6-7,10-15,18,21-22H,5,8-9,16-17,19-20,27H2,1-3H3/b28-18+. The van der Waals surface area contributed by atoms with E-state index < -0.39 is 0 Å². The number of ether oxygens (including phenoxy) is 3. The van der Waals surface area contributed by atoms with Crippen LogP contribution in [0.3, 0.4) is 0 Å². The zero-order chi connectivity index (χ0) is 23.9. The molecule has 0 aromatic heterocycles. The topological polar surface area (TPSA) is 86.4 Å². The van der Waals surface area contributed by atoms with E-state index in [4.69, 9.17) is 20.1 Å². The Morgan fingerprint density at radius 1 is 0.970 bits per heavy atom. The van der Waals surface area contributed by atoms with Crippen molar-refractivity contribution in [3.8, 4) is 5.75 Å². The highest BCUT2D eigenvalue weighted by molar-refractivity contribution is 5.94. The number of rotatable bonds is 15. The quantitative estimate of drug-likeness (QED) is 0.189. The summed E-state index contributed by atoms with van der Waals surface area (Å²) in [5.41, 5.74) is 1.62. The fraction of sp³-hybridized carbons (Fsp3) is 0.462. The number of hydrogen-bond acceptors (Lipinski definition) is 6. The molecule has 0 bridgehead atoms. The molecule has 33 heavy (non-hydrogen) atoms. The van der Waals surface area contributed by atoms with Crippen LogP contribution in [0, 0.1) is 0 Å². The lowest BCUT2D eigenvalue weighted by Crippen LogP contribution is -2.48. The van der Waals surface area contributed by atoms with Gasteiger partial charge in [-0.25, -0.2) is 0 Å². The number of hydrazone groups is 1. The molecule has 0 aliphatic rings. The molecule has 0 heterocycles. The molecule has 2 atom stereocenters. The van der Waals surface area contributed by atoms with Gasteiger partial charge < -0.3 is 25.0 Å². The third-order valence-corrected chi connectivity index (χ3v) is 5.28. The molecule has 2 aromatic rings. The van der Waals surface area contributed by atoms with Crippen LogP contribution in [0.1, 0.15) is 49.0 Å². The predicted octanol–water partition coefficient (Wildman–Crippen LogP) is 4.11. The first-order valence-electron chi connectivity index (χ1n) is 11.5. The molecule has 2 rings (SSSR count). The van der Waals surface area contributed by atoms with E-state index in [9.17, 15) is 4.79 Å². The zero-order valence-corrected chi connectivity index (χ0v) is 20.0. The maximum absolute atomic E-state index is 13.1. The molecular weight excluding hydrogens is 418 g/mol. The molecule has 180 valence electrons. The molecule has 0 saturated heterocycles.